The lowest BCUT2D eigenvalue weighted by Gasteiger charge is -2.12. The molecule has 0 radical (unpaired) electrons. The van der Waals surface area contributed by atoms with E-state index in [1.165, 1.54) is 6.07 Å². The van der Waals surface area contributed by atoms with Crippen molar-refractivity contribution in [3.8, 4) is 0 Å². The second kappa shape index (κ2) is 3.86. The number of nitrogens with two attached hydrogens (primary N) is 2. The van der Waals surface area contributed by atoms with E-state index < -0.39 is 10.1 Å². The minimum absolute atomic E-state index is 0.0283. The molecule has 0 saturated heterocycles. The first-order chi connectivity index (χ1) is 8.21. The molecule has 0 spiro atoms. The third kappa shape index (κ3) is 1.89. The molecule has 0 bridgehead atoms. The summed E-state index contributed by atoms with van der Waals surface area (Å²) in [5, 5.41) is 1.36. The molecule has 0 aliphatic heterocycles. The fraction of sp³-hybridized carbons (Fsp3) is 0.167. The summed E-state index contributed by atoms with van der Waals surface area (Å²) in [6.07, 6.45) is 0. The highest BCUT2D eigenvalue weighted by Gasteiger charge is 2.18. The summed E-state index contributed by atoms with van der Waals surface area (Å²) >= 11 is 0. The SMILES string of the molecule is Cc1cc(N)c2c(C)c(N)c(S(=O)(=O)O)cc2c1. The highest BCUT2D eigenvalue weighted by atomic mass is 32.2. The lowest BCUT2D eigenvalue weighted by Crippen LogP contribution is -2.06. The molecule has 0 saturated carbocycles. The molecule has 5 nitrogen and oxygen atoms in total. The van der Waals surface area contributed by atoms with Crippen LogP contribution in [-0.4, -0.2) is 13.0 Å². The molecule has 0 aromatic heterocycles. The maximum Gasteiger partial charge on any atom is 0.296 e. The van der Waals surface area contributed by atoms with Crippen LogP contribution in [-0.2, 0) is 10.1 Å². The normalized spacial score (nSPS) is 11.9. The highest BCUT2D eigenvalue weighted by molar-refractivity contribution is 7.86. The van der Waals surface area contributed by atoms with E-state index in [4.69, 9.17) is 16.0 Å². The van der Waals surface area contributed by atoms with Crippen LogP contribution in [0.25, 0.3) is 10.8 Å². The van der Waals surface area contributed by atoms with Crippen LogP contribution in [0, 0.1) is 13.8 Å². The first-order valence-electron chi connectivity index (χ1n) is 5.28. The van der Waals surface area contributed by atoms with E-state index in [0.717, 1.165) is 5.56 Å². The van der Waals surface area contributed by atoms with E-state index in [2.05, 4.69) is 0 Å². The van der Waals surface area contributed by atoms with E-state index >= 15 is 0 Å². The molecule has 2 aromatic carbocycles. The monoisotopic (exact) mass is 266 g/mol. The molecule has 0 atom stereocenters. The van der Waals surface area contributed by atoms with Crippen molar-refractivity contribution in [2.75, 3.05) is 11.5 Å². The van der Waals surface area contributed by atoms with Crippen molar-refractivity contribution in [2.24, 2.45) is 0 Å². The molecule has 0 unspecified atom stereocenters. The zero-order valence-electron chi connectivity index (χ0n) is 10.1. The Balaban J connectivity index is 3.02. The standard InChI is InChI=1S/C12H14N2O3S/c1-6-3-8-5-10(18(15,16)17)12(14)7(2)11(8)9(13)4-6/h3-5H,13-14H2,1-2H3,(H,15,16,17). The molecule has 0 amide bonds. The molecular formula is C12H14N2O3S. The fourth-order valence-corrected chi connectivity index (χ4v) is 2.85. The van der Waals surface area contributed by atoms with E-state index in [9.17, 15) is 8.42 Å². The largest absolute Gasteiger partial charge is 0.398 e. The average molecular weight is 266 g/mol. The van der Waals surface area contributed by atoms with Crippen LogP contribution in [0.15, 0.2) is 23.1 Å². The molecule has 6 heteroatoms. The second-order valence-corrected chi connectivity index (χ2v) is 5.73. The maximum absolute atomic E-state index is 11.3. The quantitative estimate of drug-likeness (QED) is 0.539. The summed E-state index contributed by atoms with van der Waals surface area (Å²) < 4.78 is 31.7. The number of anilines is 2. The van der Waals surface area contributed by atoms with Gasteiger partial charge in [0.05, 0.1) is 5.69 Å². The molecule has 2 rings (SSSR count). The average Bonchev–Trinajstić information content (AvgIpc) is 2.20. The number of fused-ring (bicyclic) bond motifs is 1. The first-order valence-corrected chi connectivity index (χ1v) is 6.72. The van der Waals surface area contributed by atoms with Crippen molar-refractivity contribution >= 4 is 32.3 Å². The van der Waals surface area contributed by atoms with Gasteiger partial charge in [0.1, 0.15) is 4.90 Å². The van der Waals surface area contributed by atoms with Gasteiger partial charge in [-0.15, -0.1) is 0 Å². The first kappa shape index (κ1) is 12.7. The van der Waals surface area contributed by atoms with Crippen molar-refractivity contribution in [1.82, 2.24) is 0 Å². The van der Waals surface area contributed by atoms with Gasteiger partial charge in [-0.3, -0.25) is 4.55 Å². The lowest BCUT2D eigenvalue weighted by atomic mass is 10.00. The summed E-state index contributed by atoms with van der Waals surface area (Å²) in [5.41, 5.74) is 13.7. The summed E-state index contributed by atoms with van der Waals surface area (Å²) in [6.45, 7) is 3.53. The van der Waals surface area contributed by atoms with Gasteiger partial charge < -0.3 is 11.5 Å². The van der Waals surface area contributed by atoms with Gasteiger partial charge in [-0.25, -0.2) is 0 Å². The number of aryl methyl sites for hydroxylation is 2. The second-order valence-electron chi connectivity index (χ2n) is 4.34. The summed E-state index contributed by atoms with van der Waals surface area (Å²) in [5.74, 6) is 0. The Labute approximate surface area is 105 Å². The lowest BCUT2D eigenvalue weighted by molar-refractivity contribution is 0.483. The van der Waals surface area contributed by atoms with Crippen LogP contribution in [0.5, 0.6) is 0 Å². The van der Waals surface area contributed by atoms with E-state index in [0.29, 0.717) is 22.0 Å². The molecular weight excluding hydrogens is 252 g/mol. The zero-order valence-corrected chi connectivity index (χ0v) is 10.9. The van der Waals surface area contributed by atoms with Crippen LogP contribution >= 0.6 is 0 Å². The van der Waals surface area contributed by atoms with E-state index in [1.54, 1.807) is 19.1 Å². The Kier molecular flexibility index (Phi) is 2.71. The Morgan fingerprint density at radius 3 is 2.28 bits per heavy atom. The van der Waals surface area contributed by atoms with Gasteiger partial charge >= 0.3 is 0 Å². The van der Waals surface area contributed by atoms with Crippen LogP contribution < -0.4 is 11.5 Å². The van der Waals surface area contributed by atoms with Gasteiger partial charge in [-0.05, 0) is 42.5 Å². The Hall–Kier alpha value is -1.79. The van der Waals surface area contributed by atoms with Crippen molar-refractivity contribution in [2.45, 2.75) is 18.7 Å². The molecule has 0 fully saturated rings. The summed E-state index contributed by atoms with van der Waals surface area (Å²) in [7, 11) is -4.34. The molecule has 0 heterocycles. The van der Waals surface area contributed by atoms with Crippen LogP contribution in [0.1, 0.15) is 11.1 Å². The predicted molar refractivity (Wildman–Crippen MR) is 72.1 cm³/mol. The molecule has 5 N–H and O–H groups in total. The van der Waals surface area contributed by atoms with Crippen molar-refractivity contribution < 1.29 is 13.0 Å². The van der Waals surface area contributed by atoms with E-state index in [1.807, 2.05) is 6.92 Å². The molecule has 18 heavy (non-hydrogen) atoms. The molecule has 96 valence electrons. The smallest absolute Gasteiger partial charge is 0.296 e. The van der Waals surface area contributed by atoms with Crippen LogP contribution in [0.3, 0.4) is 0 Å². The van der Waals surface area contributed by atoms with Crippen molar-refractivity contribution in [1.29, 1.82) is 0 Å². The summed E-state index contributed by atoms with van der Waals surface area (Å²) in [4.78, 5) is -0.280. The number of hydrogen-bond acceptors (Lipinski definition) is 4. The number of hydrogen-bond donors (Lipinski definition) is 3. The highest BCUT2D eigenvalue weighted by Crippen LogP contribution is 2.34. The van der Waals surface area contributed by atoms with Gasteiger partial charge in [-0.2, -0.15) is 8.42 Å². The Bertz CT molecular complexity index is 752. The third-order valence-electron chi connectivity index (χ3n) is 2.95. The van der Waals surface area contributed by atoms with E-state index in [-0.39, 0.29) is 10.6 Å². The number of benzene rings is 2. The van der Waals surface area contributed by atoms with Crippen molar-refractivity contribution in [3.05, 3.63) is 29.3 Å². The molecule has 0 aliphatic rings. The topological polar surface area (TPSA) is 106 Å². The Morgan fingerprint density at radius 1 is 1.11 bits per heavy atom. The zero-order chi connectivity index (χ0) is 13.7. The third-order valence-corrected chi connectivity index (χ3v) is 3.85. The van der Waals surface area contributed by atoms with Crippen molar-refractivity contribution in [3.63, 3.8) is 0 Å². The van der Waals surface area contributed by atoms with Gasteiger partial charge in [0.15, 0.2) is 0 Å². The molecule has 2 aromatic rings. The number of rotatable bonds is 1. The number of nitrogen functional groups attached to an aromatic ring is 2. The van der Waals surface area contributed by atoms with Gasteiger partial charge in [-0.1, -0.05) is 6.07 Å². The fourth-order valence-electron chi connectivity index (χ4n) is 2.14. The minimum Gasteiger partial charge on any atom is -0.398 e. The van der Waals surface area contributed by atoms with Crippen LogP contribution in [0.4, 0.5) is 11.4 Å². The van der Waals surface area contributed by atoms with Gasteiger partial charge in [0.2, 0.25) is 0 Å². The minimum atomic E-state index is -4.34. The molecule has 0 aliphatic carbocycles. The Morgan fingerprint density at radius 2 is 1.72 bits per heavy atom. The maximum atomic E-state index is 11.3. The van der Waals surface area contributed by atoms with Gasteiger partial charge in [0, 0.05) is 11.1 Å². The van der Waals surface area contributed by atoms with Crippen LogP contribution in [0.2, 0.25) is 0 Å². The predicted octanol–water partition coefficient (Wildman–Crippen LogP) is 1.87. The van der Waals surface area contributed by atoms with Gasteiger partial charge in [0.25, 0.3) is 10.1 Å². The summed E-state index contributed by atoms with van der Waals surface area (Å²) in [6, 6.07) is 4.94.